The topological polar surface area (TPSA) is 57.5 Å². The number of methoxy groups -OCH3 is 1. The summed E-state index contributed by atoms with van der Waals surface area (Å²) in [5, 5.41) is 12.2. The third-order valence-corrected chi connectivity index (χ3v) is 5.02. The highest BCUT2D eigenvalue weighted by Crippen LogP contribution is 2.28. The predicted molar refractivity (Wildman–Crippen MR) is 105 cm³/mol. The van der Waals surface area contributed by atoms with Gasteiger partial charge in [-0.1, -0.05) is 12.5 Å². The van der Waals surface area contributed by atoms with Crippen LogP contribution in [0.3, 0.4) is 0 Å². The minimum atomic E-state index is 0.170. The number of likely N-dealkylation sites (tertiary alicyclic amines) is 1. The first kappa shape index (κ1) is 20.5. The van der Waals surface area contributed by atoms with E-state index in [0.29, 0.717) is 13.0 Å². The minimum absolute atomic E-state index is 0.170. The van der Waals surface area contributed by atoms with Crippen LogP contribution in [0.25, 0.3) is 0 Å². The van der Waals surface area contributed by atoms with Gasteiger partial charge in [0.2, 0.25) is 0 Å². The molecular formula is C21H33N3O2. The standard InChI is InChI=1S/C21H33N3O2/c1-21(2,24-12-6-4-7-13-24)17-23-16-18-9-10-19(25-3)20(15-18)26-14-8-5-11-22/h9-10,15,23H,4-8,12-14,16-17H2,1-3H3. The largest absolute Gasteiger partial charge is 0.493 e. The van der Waals surface area contributed by atoms with E-state index in [-0.39, 0.29) is 5.54 Å². The van der Waals surface area contributed by atoms with Crippen LogP contribution in [0.4, 0.5) is 0 Å². The van der Waals surface area contributed by atoms with Gasteiger partial charge in [-0.05, 0) is 63.9 Å². The van der Waals surface area contributed by atoms with E-state index in [1.807, 2.05) is 12.1 Å². The molecule has 0 amide bonds. The van der Waals surface area contributed by atoms with Crippen LogP contribution in [0.5, 0.6) is 11.5 Å². The van der Waals surface area contributed by atoms with Crippen LogP contribution in [0, 0.1) is 11.3 Å². The maximum absolute atomic E-state index is 8.62. The normalized spacial score (nSPS) is 15.5. The zero-order valence-electron chi connectivity index (χ0n) is 16.5. The lowest BCUT2D eigenvalue weighted by atomic mass is 9.98. The van der Waals surface area contributed by atoms with Crippen molar-refractivity contribution in [2.24, 2.45) is 0 Å². The Morgan fingerprint density at radius 2 is 1.96 bits per heavy atom. The predicted octanol–water partition coefficient (Wildman–Crippen LogP) is 3.73. The molecule has 0 saturated carbocycles. The first-order valence-corrected chi connectivity index (χ1v) is 9.69. The molecule has 144 valence electrons. The molecule has 0 aliphatic carbocycles. The van der Waals surface area contributed by atoms with E-state index >= 15 is 0 Å². The molecule has 26 heavy (non-hydrogen) atoms. The number of nitrogens with one attached hydrogen (secondary N) is 1. The van der Waals surface area contributed by atoms with Crippen molar-refractivity contribution < 1.29 is 9.47 Å². The van der Waals surface area contributed by atoms with Crippen molar-refractivity contribution in [3.05, 3.63) is 23.8 Å². The molecule has 1 aromatic rings. The highest BCUT2D eigenvalue weighted by Gasteiger charge is 2.27. The number of piperidine rings is 1. The lowest BCUT2D eigenvalue weighted by molar-refractivity contribution is 0.0942. The van der Waals surface area contributed by atoms with Crippen LogP contribution in [-0.4, -0.2) is 43.8 Å². The van der Waals surface area contributed by atoms with Crippen LogP contribution in [0.2, 0.25) is 0 Å². The van der Waals surface area contributed by atoms with Crippen LogP contribution in [0.1, 0.15) is 51.5 Å². The number of ether oxygens (including phenoxy) is 2. The van der Waals surface area contributed by atoms with Crippen LogP contribution >= 0.6 is 0 Å². The lowest BCUT2D eigenvalue weighted by Gasteiger charge is -2.41. The Morgan fingerprint density at radius 1 is 1.19 bits per heavy atom. The average Bonchev–Trinajstić information content (AvgIpc) is 2.66. The van der Waals surface area contributed by atoms with Crippen LogP contribution < -0.4 is 14.8 Å². The fourth-order valence-electron chi connectivity index (χ4n) is 3.40. The fourth-order valence-corrected chi connectivity index (χ4v) is 3.40. The first-order chi connectivity index (χ1) is 12.6. The second kappa shape index (κ2) is 10.4. The maximum Gasteiger partial charge on any atom is 0.161 e. The number of hydrogen-bond acceptors (Lipinski definition) is 5. The van der Waals surface area contributed by atoms with Crippen molar-refractivity contribution in [2.75, 3.05) is 33.4 Å². The zero-order valence-corrected chi connectivity index (χ0v) is 16.5. The van der Waals surface area contributed by atoms with Gasteiger partial charge < -0.3 is 14.8 Å². The van der Waals surface area contributed by atoms with E-state index in [9.17, 15) is 0 Å². The number of hydrogen-bond donors (Lipinski definition) is 1. The van der Waals surface area contributed by atoms with Crippen LogP contribution in [0.15, 0.2) is 18.2 Å². The Hall–Kier alpha value is -1.77. The summed E-state index contributed by atoms with van der Waals surface area (Å²) < 4.78 is 11.2. The Balaban J connectivity index is 1.87. The molecule has 0 bridgehead atoms. The van der Waals surface area contributed by atoms with E-state index < -0.39 is 0 Å². The number of benzene rings is 1. The van der Waals surface area contributed by atoms with E-state index in [4.69, 9.17) is 14.7 Å². The van der Waals surface area contributed by atoms with E-state index in [1.54, 1.807) is 7.11 Å². The molecular weight excluding hydrogens is 326 g/mol. The molecule has 0 spiro atoms. The van der Waals surface area contributed by atoms with Gasteiger partial charge >= 0.3 is 0 Å². The molecule has 1 saturated heterocycles. The monoisotopic (exact) mass is 359 g/mol. The maximum atomic E-state index is 8.62. The molecule has 1 aliphatic heterocycles. The summed E-state index contributed by atoms with van der Waals surface area (Å²) in [6.07, 6.45) is 5.23. The summed E-state index contributed by atoms with van der Waals surface area (Å²) in [6, 6.07) is 8.19. The summed E-state index contributed by atoms with van der Waals surface area (Å²) in [5.41, 5.74) is 1.35. The van der Waals surface area contributed by atoms with E-state index in [0.717, 1.165) is 31.0 Å². The fraction of sp³-hybridized carbons (Fsp3) is 0.667. The summed E-state index contributed by atoms with van der Waals surface area (Å²) in [6.45, 7) is 9.35. The molecule has 5 heteroatoms. The lowest BCUT2D eigenvalue weighted by Crippen LogP contribution is -2.52. The van der Waals surface area contributed by atoms with Crippen LogP contribution in [-0.2, 0) is 6.54 Å². The summed E-state index contributed by atoms with van der Waals surface area (Å²) in [5.74, 6) is 1.49. The molecule has 2 rings (SSSR count). The van der Waals surface area contributed by atoms with Crippen molar-refractivity contribution in [1.29, 1.82) is 5.26 Å². The van der Waals surface area contributed by atoms with Gasteiger partial charge in [0.1, 0.15) is 0 Å². The number of nitrogens with zero attached hydrogens (tertiary/aromatic N) is 2. The molecule has 1 N–H and O–H groups in total. The van der Waals surface area contributed by atoms with Crippen molar-refractivity contribution >= 4 is 0 Å². The molecule has 0 unspecified atom stereocenters. The molecule has 1 heterocycles. The van der Waals surface area contributed by atoms with Crippen molar-refractivity contribution in [3.8, 4) is 17.6 Å². The summed E-state index contributed by atoms with van der Waals surface area (Å²) >= 11 is 0. The van der Waals surface area contributed by atoms with Gasteiger partial charge in [0.05, 0.1) is 19.8 Å². The Bertz CT molecular complexity index is 589. The SMILES string of the molecule is COc1ccc(CNCC(C)(C)N2CCCCC2)cc1OCCCC#N. The highest BCUT2D eigenvalue weighted by atomic mass is 16.5. The molecule has 0 atom stereocenters. The van der Waals surface area contributed by atoms with Gasteiger partial charge in [-0.3, -0.25) is 4.90 Å². The Labute approximate surface area is 158 Å². The molecule has 0 aromatic heterocycles. The van der Waals surface area contributed by atoms with Gasteiger partial charge in [0.25, 0.3) is 0 Å². The molecule has 1 aromatic carbocycles. The summed E-state index contributed by atoms with van der Waals surface area (Å²) in [4.78, 5) is 2.60. The Morgan fingerprint density at radius 3 is 2.65 bits per heavy atom. The van der Waals surface area contributed by atoms with Gasteiger partial charge in [-0.15, -0.1) is 0 Å². The molecule has 1 aliphatic rings. The van der Waals surface area contributed by atoms with Crippen molar-refractivity contribution in [2.45, 2.75) is 58.0 Å². The first-order valence-electron chi connectivity index (χ1n) is 9.69. The van der Waals surface area contributed by atoms with Gasteiger partial charge in [-0.25, -0.2) is 0 Å². The number of nitriles is 1. The average molecular weight is 360 g/mol. The summed E-state index contributed by atoms with van der Waals surface area (Å²) in [7, 11) is 1.65. The van der Waals surface area contributed by atoms with Crippen molar-refractivity contribution in [1.82, 2.24) is 10.2 Å². The minimum Gasteiger partial charge on any atom is -0.493 e. The van der Waals surface area contributed by atoms with E-state index in [2.05, 4.69) is 36.2 Å². The van der Waals surface area contributed by atoms with E-state index in [1.165, 1.54) is 37.9 Å². The zero-order chi connectivity index (χ0) is 18.8. The van der Waals surface area contributed by atoms with Gasteiger partial charge in [0, 0.05) is 25.0 Å². The number of unbranched alkanes of at least 4 members (excludes halogenated alkanes) is 1. The third-order valence-electron chi connectivity index (χ3n) is 5.02. The van der Waals surface area contributed by atoms with Gasteiger partial charge in [0.15, 0.2) is 11.5 Å². The second-order valence-corrected chi connectivity index (χ2v) is 7.56. The highest BCUT2D eigenvalue weighted by molar-refractivity contribution is 5.43. The van der Waals surface area contributed by atoms with Crippen molar-refractivity contribution in [3.63, 3.8) is 0 Å². The molecule has 5 nitrogen and oxygen atoms in total. The smallest absolute Gasteiger partial charge is 0.161 e. The molecule has 1 fully saturated rings. The number of rotatable bonds is 10. The second-order valence-electron chi connectivity index (χ2n) is 7.56. The molecule has 0 radical (unpaired) electrons. The Kier molecular flexibility index (Phi) is 8.21. The quantitative estimate of drug-likeness (QED) is 0.645. The third kappa shape index (κ3) is 6.19. The van der Waals surface area contributed by atoms with Gasteiger partial charge in [-0.2, -0.15) is 5.26 Å².